The van der Waals surface area contributed by atoms with Crippen LogP contribution < -0.4 is 4.90 Å². The van der Waals surface area contributed by atoms with Gasteiger partial charge in [0.25, 0.3) is 0 Å². The minimum absolute atomic E-state index is 1.12. The second-order valence-electron chi connectivity index (χ2n) is 3.62. The third-order valence-corrected chi connectivity index (χ3v) is 2.33. The quantitative estimate of drug-likeness (QED) is 0.735. The molecular weight excluding hydrogens is 184 g/mol. The van der Waals surface area contributed by atoms with E-state index in [-0.39, 0.29) is 0 Å². The molecule has 1 heterocycles. The van der Waals surface area contributed by atoms with Crippen LogP contribution in [0, 0.1) is 6.20 Å². The molecule has 0 atom stereocenters. The number of pyridine rings is 1. The van der Waals surface area contributed by atoms with Crippen molar-refractivity contribution in [1.82, 2.24) is 4.98 Å². The zero-order valence-electron chi connectivity index (χ0n) is 8.94. The minimum atomic E-state index is 1.12. The van der Waals surface area contributed by atoms with E-state index in [2.05, 4.69) is 40.3 Å². The molecule has 0 aliphatic heterocycles. The van der Waals surface area contributed by atoms with E-state index >= 15 is 0 Å². The molecule has 0 aliphatic carbocycles. The zero-order chi connectivity index (χ0) is 10.7. The topological polar surface area (TPSA) is 16.1 Å². The van der Waals surface area contributed by atoms with Crippen molar-refractivity contribution in [3.05, 3.63) is 48.8 Å². The van der Waals surface area contributed by atoms with Crippen LogP contribution in [0.4, 0.5) is 5.69 Å². The molecule has 2 rings (SSSR count). The van der Waals surface area contributed by atoms with Gasteiger partial charge in [-0.1, -0.05) is 18.2 Å². The predicted octanol–water partition coefficient (Wildman–Crippen LogP) is 2.61. The summed E-state index contributed by atoms with van der Waals surface area (Å²) in [6.07, 6.45) is 4.60. The number of nitrogens with zero attached hydrogens (tertiary/aromatic N) is 2. The van der Waals surface area contributed by atoms with E-state index in [0.29, 0.717) is 0 Å². The summed E-state index contributed by atoms with van der Waals surface area (Å²) in [5.74, 6) is 0. The summed E-state index contributed by atoms with van der Waals surface area (Å²) in [7, 11) is 4.07. The molecule has 0 aliphatic rings. The van der Waals surface area contributed by atoms with Crippen molar-refractivity contribution < 1.29 is 0 Å². The van der Waals surface area contributed by atoms with Gasteiger partial charge in [0.1, 0.15) is 0 Å². The molecule has 1 aromatic heterocycles. The normalized spacial score (nSPS) is 10.0. The summed E-state index contributed by atoms with van der Waals surface area (Å²) in [4.78, 5) is 6.07. The summed E-state index contributed by atoms with van der Waals surface area (Å²) in [5, 5.41) is 0. The van der Waals surface area contributed by atoms with Crippen LogP contribution in [0.1, 0.15) is 0 Å². The molecule has 2 aromatic rings. The Bertz CT molecular complexity index is 418. The molecule has 1 radical (unpaired) electrons. The lowest BCUT2D eigenvalue weighted by Gasteiger charge is -2.12. The Morgan fingerprint density at radius 2 is 1.73 bits per heavy atom. The molecule has 0 bridgehead atoms. The van der Waals surface area contributed by atoms with Crippen LogP contribution in [0.15, 0.2) is 42.6 Å². The van der Waals surface area contributed by atoms with E-state index < -0.39 is 0 Å². The van der Waals surface area contributed by atoms with Crippen LogP contribution in [-0.2, 0) is 0 Å². The van der Waals surface area contributed by atoms with Gasteiger partial charge in [-0.15, -0.1) is 0 Å². The van der Waals surface area contributed by atoms with E-state index in [1.54, 1.807) is 0 Å². The highest BCUT2D eigenvalue weighted by atomic mass is 15.1. The molecular formula is C13H13N2. The van der Waals surface area contributed by atoms with Crippen LogP contribution in [-0.4, -0.2) is 19.1 Å². The first kappa shape index (κ1) is 9.71. The highest BCUT2D eigenvalue weighted by Crippen LogP contribution is 2.21. The summed E-state index contributed by atoms with van der Waals surface area (Å²) in [6.45, 7) is 0. The maximum atomic E-state index is 3.98. The lowest BCUT2D eigenvalue weighted by atomic mass is 10.1. The molecule has 15 heavy (non-hydrogen) atoms. The van der Waals surface area contributed by atoms with Crippen molar-refractivity contribution in [1.29, 1.82) is 0 Å². The van der Waals surface area contributed by atoms with Gasteiger partial charge in [0.15, 0.2) is 0 Å². The Morgan fingerprint density at radius 3 is 2.27 bits per heavy atom. The number of hydrogen-bond acceptors (Lipinski definition) is 2. The van der Waals surface area contributed by atoms with Gasteiger partial charge in [0.05, 0.1) is 6.20 Å². The molecule has 0 saturated heterocycles. The average molecular weight is 197 g/mol. The summed E-state index contributed by atoms with van der Waals surface area (Å²) < 4.78 is 0. The molecule has 0 unspecified atom stereocenters. The highest BCUT2D eigenvalue weighted by molar-refractivity contribution is 5.65. The Kier molecular flexibility index (Phi) is 2.68. The van der Waals surface area contributed by atoms with Crippen molar-refractivity contribution in [2.45, 2.75) is 0 Å². The molecule has 2 heteroatoms. The number of aromatic nitrogens is 1. The van der Waals surface area contributed by atoms with Gasteiger partial charge < -0.3 is 4.90 Å². The molecule has 0 N–H and O–H groups in total. The fourth-order valence-electron chi connectivity index (χ4n) is 1.44. The predicted molar refractivity (Wildman–Crippen MR) is 62.8 cm³/mol. The van der Waals surface area contributed by atoms with Crippen LogP contribution in [0.25, 0.3) is 11.1 Å². The number of hydrogen-bond donors (Lipinski definition) is 0. The van der Waals surface area contributed by atoms with Crippen LogP contribution >= 0.6 is 0 Å². The highest BCUT2D eigenvalue weighted by Gasteiger charge is 1.98. The third-order valence-electron chi connectivity index (χ3n) is 2.33. The van der Waals surface area contributed by atoms with Gasteiger partial charge in [-0.3, -0.25) is 4.98 Å². The van der Waals surface area contributed by atoms with Crippen molar-refractivity contribution >= 4 is 5.69 Å². The fourth-order valence-corrected chi connectivity index (χ4v) is 1.44. The van der Waals surface area contributed by atoms with Gasteiger partial charge in [0, 0.05) is 31.5 Å². The standard InChI is InChI=1S/C13H13N2/c1-15(2)13-7-5-11(6-8-13)12-4-3-9-14-10-12/h3-8,10H,1-2H3. The van der Waals surface area contributed by atoms with Crippen molar-refractivity contribution in [3.8, 4) is 11.1 Å². The van der Waals surface area contributed by atoms with Gasteiger partial charge in [-0.25, -0.2) is 0 Å². The van der Waals surface area contributed by atoms with E-state index in [0.717, 1.165) is 5.56 Å². The van der Waals surface area contributed by atoms with Crippen molar-refractivity contribution in [2.24, 2.45) is 0 Å². The zero-order valence-corrected chi connectivity index (χ0v) is 8.94. The second-order valence-corrected chi connectivity index (χ2v) is 3.62. The molecule has 75 valence electrons. The Balaban J connectivity index is 2.32. The molecule has 2 nitrogen and oxygen atoms in total. The summed E-state index contributed by atoms with van der Waals surface area (Å²) in [6, 6.07) is 12.3. The lowest BCUT2D eigenvalue weighted by Crippen LogP contribution is -2.07. The van der Waals surface area contributed by atoms with E-state index in [4.69, 9.17) is 0 Å². The molecule has 1 aromatic carbocycles. The van der Waals surface area contributed by atoms with Gasteiger partial charge >= 0.3 is 0 Å². The van der Waals surface area contributed by atoms with Crippen LogP contribution in [0.3, 0.4) is 0 Å². The maximum absolute atomic E-state index is 3.98. The largest absolute Gasteiger partial charge is 0.378 e. The number of rotatable bonds is 2. The lowest BCUT2D eigenvalue weighted by molar-refractivity contribution is 1.13. The molecule has 0 fully saturated rings. The van der Waals surface area contributed by atoms with Gasteiger partial charge in [-0.05, 0) is 23.8 Å². The fraction of sp³-hybridized carbons (Fsp3) is 0.154. The average Bonchev–Trinajstić information content (AvgIpc) is 2.30. The molecule has 0 saturated carbocycles. The smallest absolute Gasteiger partial charge is 0.0886 e. The SMILES string of the molecule is CN(C)c1ccc(-c2cc[c]nc2)cc1. The first-order valence-electron chi connectivity index (χ1n) is 4.87. The maximum Gasteiger partial charge on any atom is 0.0886 e. The first-order chi connectivity index (χ1) is 7.27. The van der Waals surface area contributed by atoms with Gasteiger partial charge in [-0.2, -0.15) is 0 Å². The van der Waals surface area contributed by atoms with Crippen LogP contribution in [0.5, 0.6) is 0 Å². The molecule has 0 amide bonds. The minimum Gasteiger partial charge on any atom is -0.378 e. The van der Waals surface area contributed by atoms with Crippen LogP contribution in [0.2, 0.25) is 0 Å². The monoisotopic (exact) mass is 197 g/mol. The van der Waals surface area contributed by atoms with E-state index in [1.165, 1.54) is 11.3 Å². The van der Waals surface area contributed by atoms with Gasteiger partial charge in [0.2, 0.25) is 0 Å². The van der Waals surface area contributed by atoms with Crippen molar-refractivity contribution in [2.75, 3.05) is 19.0 Å². The second kappa shape index (κ2) is 4.13. The first-order valence-corrected chi connectivity index (χ1v) is 4.87. The number of benzene rings is 1. The Labute approximate surface area is 90.2 Å². The van der Waals surface area contributed by atoms with E-state index in [9.17, 15) is 0 Å². The summed E-state index contributed by atoms with van der Waals surface area (Å²) >= 11 is 0. The summed E-state index contributed by atoms with van der Waals surface area (Å²) in [5.41, 5.74) is 3.51. The molecule has 0 spiro atoms. The van der Waals surface area contributed by atoms with Crippen molar-refractivity contribution in [3.63, 3.8) is 0 Å². The number of anilines is 1. The Hall–Kier alpha value is -1.83. The van der Waals surface area contributed by atoms with E-state index in [1.807, 2.05) is 32.4 Å². The Morgan fingerprint density at radius 1 is 1.00 bits per heavy atom. The third kappa shape index (κ3) is 2.15.